The van der Waals surface area contributed by atoms with Gasteiger partial charge in [0.15, 0.2) is 5.65 Å². The maximum atomic E-state index is 12.4. The number of nitrogens with one attached hydrogen (secondary N) is 1. The first kappa shape index (κ1) is 23.2. The van der Waals surface area contributed by atoms with Crippen LogP contribution < -0.4 is 5.32 Å². The van der Waals surface area contributed by atoms with Crippen LogP contribution in [0.4, 0.5) is 14.7 Å². The molecule has 0 atom stereocenters. The summed E-state index contributed by atoms with van der Waals surface area (Å²) in [5, 5.41) is 7.98. The minimum Gasteiger partial charge on any atom is -0.381 e. The van der Waals surface area contributed by atoms with Crippen LogP contribution in [0.5, 0.6) is 0 Å². The van der Waals surface area contributed by atoms with Gasteiger partial charge in [-0.15, -0.1) is 5.10 Å². The molecule has 1 aliphatic carbocycles. The molecule has 0 amide bonds. The second-order valence-electron chi connectivity index (χ2n) is 9.60. The number of nitrogens with zero attached hydrogens (tertiary/aromatic N) is 6. The van der Waals surface area contributed by atoms with Gasteiger partial charge in [-0.2, -0.15) is 8.78 Å². The number of pyridine rings is 1. The molecule has 190 valence electrons. The minimum atomic E-state index is -2.71. The van der Waals surface area contributed by atoms with Crippen LogP contribution >= 0.6 is 0 Å². The predicted molar refractivity (Wildman–Crippen MR) is 130 cm³/mol. The summed E-state index contributed by atoms with van der Waals surface area (Å²) in [6, 6.07) is 4.67. The van der Waals surface area contributed by atoms with Crippen molar-refractivity contribution >= 4 is 22.6 Å². The van der Waals surface area contributed by atoms with Gasteiger partial charge in [-0.05, 0) is 57.6 Å². The van der Waals surface area contributed by atoms with E-state index in [1.807, 2.05) is 25.4 Å². The number of aryl methyl sites for hydroxylation is 1. The van der Waals surface area contributed by atoms with E-state index in [-0.39, 0.29) is 12.1 Å². The molecule has 1 aliphatic heterocycles. The van der Waals surface area contributed by atoms with Crippen molar-refractivity contribution < 1.29 is 18.3 Å². The third kappa shape index (κ3) is 4.53. The molecule has 6 rings (SSSR count). The smallest absolute Gasteiger partial charge is 0.345 e. The molecule has 2 fully saturated rings. The average Bonchev–Trinajstić information content (AvgIpc) is 3.44. The van der Waals surface area contributed by atoms with Crippen molar-refractivity contribution in [2.75, 3.05) is 18.5 Å². The van der Waals surface area contributed by atoms with Gasteiger partial charge in [0.25, 0.3) is 0 Å². The van der Waals surface area contributed by atoms with Crippen LogP contribution in [-0.2, 0) is 9.47 Å². The molecule has 11 heteroatoms. The highest BCUT2D eigenvalue weighted by Gasteiger charge is 2.25. The third-order valence-corrected chi connectivity index (χ3v) is 7.31. The average molecular weight is 498 g/mol. The molecule has 0 aromatic carbocycles. The molecule has 0 unspecified atom stereocenters. The Labute approximate surface area is 206 Å². The number of rotatable bonds is 6. The molecule has 2 aliphatic rings. The van der Waals surface area contributed by atoms with Gasteiger partial charge in [-0.1, -0.05) is 0 Å². The zero-order valence-electron chi connectivity index (χ0n) is 20.1. The maximum absolute atomic E-state index is 12.4. The monoisotopic (exact) mass is 497 g/mol. The summed E-state index contributed by atoms with van der Waals surface area (Å²) in [5.41, 5.74) is 4.65. The lowest BCUT2D eigenvalue weighted by Gasteiger charge is -2.28. The first-order valence-electron chi connectivity index (χ1n) is 12.5. The van der Waals surface area contributed by atoms with Gasteiger partial charge < -0.3 is 19.4 Å². The summed E-state index contributed by atoms with van der Waals surface area (Å²) in [5.74, 6) is 1.49. The molecule has 1 saturated carbocycles. The van der Waals surface area contributed by atoms with Crippen LogP contribution in [0.3, 0.4) is 0 Å². The molecule has 36 heavy (non-hydrogen) atoms. The summed E-state index contributed by atoms with van der Waals surface area (Å²) >= 11 is 0. The Morgan fingerprint density at radius 3 is 2.64 bits per heavy atom. The number of aromatic nitrogens is 6. The fourth-order valence-electron chi connectivity index (χ4n) is 5.52. The van der Waals surface area contributed by atoms with Crippen molar-refractivity contribution in [3.8, 4) is 11.1 Å². The molecular formula is C25H29F2N7O2. The van der Waals surface area contributed by atoms with E-state index in [0.29, 0.717) is 24.8 Å². The van der Waals surface area contributed by atoms with Gasteiger partial charge in [0.05, 0.1) is 23.3 Å². The zero-order chi connectivity index (χ0) is 24.6. The van der Waals surface area contributed by atoms with Crippen LogP contribution in [0.15, 0.2) is 30.7 Å². The normalized spacial score (nSPS) is 21.6. The second-order valence-corrected chi connectivity index (χ2v) is 9.60. The minimum absolute atomic E-state index is 0.135. The molecule has 1 saturated heterocycles. The highest BCUT2D eigenvalue weighted by atomic mass is 19.3. The number of imidazole rings is 1. The van der Waals surface area contributed by atoms with E-state index in [1.165, 1.54) is 0 Å². The molecule has 9 nitrogen and oxygen atoms in total. The molecule has 4 aromatic heterocycles. The van der Waals surface area contributed by atoms with E-state index in [0.717, 1.165) is 72.5 Å². The lowest BCUT2D eigenvalue weighted by molar-refractivity contribution is -0.169. The van der Waals surface area contributed by atoms with Gasteiger partial charge in [-0.25, -0.2) is 19.5 Å². The van der Waals surface area contributed by atoms with Crippen LogP contribution in [-0.4, -0.2) is 61.1 Å². The first-order valence-corrected chi connectivity index (χ1v) is 12.5. The van der Waals surface area contributed by atoms with Crippen molar-refractivity contribution in [1.82, 2.24) is 29.1 Å². The molecule has 5 heterocycles. The standard InChI is InChI=1S/C25H29F2N7O2/c1-15-30-23-21(34(15)18-7-10-35-11-8-18)12-16(13-28-23)20-6-9-33-22(20)14-29-25(32-33)31-17-2-4-19(5-3-17)36-24(26)27/h6,9,12-14,17-19,24H,2-5,7-8,10-11H2,1H3,(H,31,32)/t17-,19-. The summed E-state index contributed by atoms with van der Waals surface area (Å²) in [4.78, 5) is 13.9. The second kappa shape index (κ2) is 9.70. The molecule has 4 aromatic rings. The summed E-state index contributed by atoms with van der Waals surface area (Å²) in [6.07, 6.45) is 9.79. The van der Waals surface area contributed by atoms with Gasteiger partial charge in [0, 0.05) is 48.8 Å². The molecule has 0 radical (unpaired) electrons. The van der Waals surface area contributed by atoms with Crippen molar-refractivity contribution in [1.29, 1.82) is 0 Å². The van der Waals surface area contributed by atoms with E-state index in [9.17, 15) is 8.78 Å². The zero-order valence-corrected chi connectivity index (χ0v) is 20.1. The lowest BCUT2D eigenvalue weighted by Crippen LogP contribution is -2.31. The fourth-order valence-corrected chi connectivity index (χ4v) is 5.52. The highest BCUT2D eigenvalue weighted by Crippen LogP contribution is 2.32. The topological polar surface area (TPSA) is 91.4 Å². The number of ether oxygens (including phenoxy) is 2. The largest absolute Gasteiger partial charge is 0.381 e. The van der Waals surface area contributed by atoms with E-state index in [2.05, 4.69) is 40.7 Å². The predicted octanol–water partition coefficient (Wildman–Crippen LogP) is 4.76. The van der Waals surface area contributed by atoms with Gasteiger partial charge >= 0.3 is 6.61 Å². The lowest BCUT2D eigenvalue weighted by atomic mass is 9.93. The van der Waals surface area contributed by atoms with Gasteiger partial charge in [0.2, 0.25) is 5.95 Å². The summed E-state index contributed by atoms with van der Waals surface area (Å²) in [6.45, 7) is 0.848. The van der Waals surface area contributed by atoms with Gasteiger partial charge in [-0.3, -0.25) is 0 Å². The SMILES string of the molecule is Cc1nc2ncc(-c3ccn4nc(N[C@H]5CC[C@H](OC(F)F)CC5)ncc34)cc2n1C1CCOCC1. The van der Waals surface area contributed by atoms with Crippen molar-refractivity contribution in [2.45, 2.75) is 70.2 Å². The number of alkyl halides is 2. The Hall–Kier alpha value is -3.18. The van der Waals surface area contributed by atoms with E-state index in [1.54, 1.807) is 10.7 Å². The molecular weight excluding hydrogens is 468 g/mol. The number of hydrogen-bond acceptors (Lipinski definition) is 7. The number of halogens is 2. The molecule has 1 N–H and O–H groups in total. The Bertz CT molecular complexity index is 1360. The van der Waals surface area contributed by atoms with Crippen LogP contribution in [0.25, 0.3) is 27.8 Å². The van der Waals surface area contributed by atoms with Gasteiger partial charge in [0.1, 0.15) is 5.82 Å². The Morgan fingerprint density at radius 1 is 1.06 bits per heavy atom. The Morgan fingerprint density at radius 2 is 1.86 bits per heavy atom. The fraction of sp³-hybridized carbons (Fsp3) is 0.520. The Balaban J connectivity index is 1.23. The molecule has 0 spiro atoms. The maximum Gasteiger partial charge on any atom is 0.345 e. The van der Waals surface area contributed by atoms with Crippen LogP contribution in [0.2, 0.25) is 0 Å². The third-order valence-electron chi connectivity index (χ3n) is 7.31. The summed E-state index contributed by atoms with van der Waals surface area (Å²) < 4.78 is 39.2. The summed E-state index contributed by atoms with van der Waals surface area (Å²) in [7, 11) is 0. The number of anilines is 1. The van der Waals surface area contributed by atoms with E-state index >= 15 is 0 Å². The molecule has 0 bridgehead atoms. The first-order chi connectivity index (χ1) is 17.5. The van der Waals surface area contributed by atoms with Crippen molar-refractivity contribution in [2.24, 2.45) is 0 Å². The van der Waals surface area contributed by atoms with E-state index in [4.69, 9.17) is 4.74 Å². The van der Waals surface area contributed by atoms with Crippen molar-refractivity contribution in [3.63, 3.8) is 0 Å². The Kier molecular flexibility index (Phi) is 6.26. The number of fused-ring (bicyclic) bond motifs is 2. The van der Waals surface area contributed by atoms with Crippen molar-refractivity contribution in [3.05, 3.63) is 36.5 Å². The van der Waals surface area contributed by atoms with Crippen LogP contribution in [0.1, 0.15) is 50.4 Å². The quantitative estimate of drug-likeness (QED) is 0.411. The number of hydrogen-bond donors (Lipinski definition) is 1. The van der Waals surface area contributed by atoms with Crippen LogP contribution in [0, 0.1) is 6.92 Å². The van der Waals surface area contributed by atoms with E-state index < -0.39 is 6.61 Å². The highest BCUT2D eigenvalue weighted by molar-refractivity contribution is 5.85.